The molecular formula is C19H19ClN2OS. The maximum absolute atomic E-state index is 12.5. The Morgan fingerprint density at radius 3 is 2.75 bits per heavy atom. The summed E-state index contributed by atoms with van der Waals surface area (Å²) < 4.78 is 3.29. The summed E-state index contributed by atoms with van der Waals surface area (Å²) in [4.78, 5) is 17.6. The number of halogens is 1. The number of nitrogens with zero attached hydrogens (tertiary/aromatic N) is 2. The first-order valence-corrected chi connectivity index (χ1v) is 9.28. The maximum atomic E-state index is 12.5. The molecule has 3 aromatic rings. The number of carbonyl (C=O) groups excluding carboxylic acids is 1. The van der Waals surface area contributed by atoms with Gasteiger partial charge < -0.3 is 4.57 Å². The lowest BCUT2D eigenvalue weighted by Crippen LogP contribution is -2.16. The van der Waals surface area contributed by atoms with Gasteiger partial charge in [-0.15, -0.1) is 0 Å². The molecule has 0 unspecified atom stereocenters. The van der Waals surface area contributed by atoms with E-state index >= 15 is 0 Å². The van der Waals surface area contributed by atoms with E-state index in [4.69, 9.17) is 11.6 Å². The zero-order chi connectivity index (χ0) is 17.1. The van der Waals surface area contributed by atoms with Crippen LogP contribution >= 0.6 is 22.9 Å². The summed E-state index contributed by atoms with van der Waals surface area (Å²) >= 11 is 7.54. The molecule has 0 saturated heterocycles. The highest BCUT2D eigenvalue weighted by Gasteiger charge is 2.09. The van der Waals surface area contributed by atoms with Gasteiger partial charge in [0, 0.05) is 17.1 Å². The molecule has 1 heterocycles. The van der Waals surface area contributed by atoms with Crippen LogP contribution < -0.4 is 4.80 Å². The van der Waals surface area contributed by atoms with Crippen LogP contribution in [0.1, 0.15) is 36.2 Å². The number of benzene rings is 2. The standard InChI is InChI=1S/C19H19ClN2OS/c1-3-10-22-16-9-8-13(4-2)11-17(16)24-19(22)21-18(23)14-6-5-7-15(20)12-14/h5-9,11-12H,3-4,10H2,1-2H3. The van der Waals surface area contributed by atoms with Crippen molar-refractivity contribution in [3.05, 3.63) is 63.4 Å². The molecule has 0 fully saturated rings. The summed E-state index contributed by atoms with van der Waals surface area (Å²) in [6, 6.07) is 13.4. The summed E-state index contributed by atoms with van der Waals surface area (Å²) in [5, 5.41) is 0.543. The summed E-state index contributed by atoms with van der Waals surface area (Å²) in [5.74, 6) is -0.260. The second-order valence-corrected chi connectivity index (χ2v) is 7.06. The molecule has 0 saturated carbocycles. The van der Waals surface area contributed by atoms with Gasteiger partial charge in [0.2, 0.25) is 0 Å². The van der Waals surface area contributed by atoms with Crippen molar-refractivity contribution < 1.29 is 4.79 Å². The Kier molecular flexibility index (Phi) is 5.17. The van der Waals surface area contributed by atoms with E-state index in [1.807, 2.05) is 0 Å². The van der Waals surface area contributed by atoms with E-state index in [1.54, 1.807) is 35.6 Å². The van der Waals surface area contributed by atoms with Crippen LogP contribution in [0.4, 0.5) is 0 Å². The molecule has 0 spiro atoms. The van der Waals surface area contributed by atoms with Gasteiger partial charge in [-0.2, -0.15) is 4.99 Å². The first-order valence-electron chi connectivity index (χ1n) is 8.09. The number of hydrogen-bond donors (Lipinski definition) is 0. The number of rotatable bonds is 4. The SMILES string of the molecule is CCCn1c(=NC(=O)c2cccc(Cl)c2)sc2cc(CC)ccc21. The minimum Gasteiger partial charge on any atom is -0.316 e. The molecule has 3 rings (SSSR count). The molecule has 24 heavy (non-hydrogen) atoms. The molecule has 0 aliphatic heterocycles. The predicted molar refractivity (Wildman–Crippen MR) is 101 cm³/mol. The molecule has 0 N–H and O–H groups in total. The molecule has 0 aliphatic rings. The third-order valence-electron chi connectivity index (χ3n) is 3.87. The monoisotopic (exact) mass is 358 g/mol. The number of aromatic nitrogens is 1. The zero-order valence-corrected chi connectivity index (χ0v) is 15.3. The van der Waals surface area contributed by atoms with Crippen LogP contribution in [0.5, 0.6) is 0 Å². The average Bonchev–Trinajstić information content (AvgIpc) is 2.91. The Balaban J connectivity index is 2.13. The summed E-state index contributed by atoms with van der Waals surface area (Å²) in [6.07, 6.45) is 1.98. The van der Waals surface area contributed by atoms with E-state index in [0.717, 1.165) is 29.7 Å². The van der Waals surface area contributed by atoms with E-state index in [9.17, 15) is 4.79 Å². The number of carbonyl (C=O) groups is 1. The Bertz CT molecular complexity index is 955. The lowest BCUT2D eigenvalue weighted by Gasteiger charge is -2.03. The van der Waals surface area contributed by atoms with Crippen LogP contribution in [0.3, 0.4) is 0 Å². The van der Waals surface area contributed by atoms with Gasteiger partial charge in [0.1, 0.15) is 0 Å². The second-order valence-electron chi connectivity index (χ2n) is 5.62. The topological polar surface area (TPSA) is 34.4 Å². The van der Waals surface area contributed by atoms with Crippen molar-refractivity contribution in [1.82, 2.24) is 4.57 Å². The van der Waals surface area contributed by atoms with Gasteiger partial charge >= 0.3 is 0 Å². The van der Waals surface area contributed by atoms with E-state index in [2.05, 4.69) is 41.6 Å². The van der Waals surface area contributed by atoms with Crippen molar-refractivity contribution in [3.8, 4) is 0 Å². The van der Waals surface area contributed by atoms with Gasteiger partial charge in [-0.1, -0.05) is 48.9 Å². The highest BCUT2D eigenvalue weighted by molar-refractivity contribution is 7.16. The average molecular weight is 359 g/mol. The van der Waals surface area contributed by atoms with Gasteiger partial charge in [0.15, 0.2) is 4.80 Å². The molecule has 1 amide bonds. The Labute approximate surface area is 150 Å². The molecule has 0 bridgehead atoms. The lowest BCUT2D eigenvalue weighted by atomic mass is 10.2. The van der Waals surface area contributed by atoms with Gasteiger partial charge in [0.25, 0.3) is 5.91 Å². The van der Waals surface area contributed by atoms with Crippen LogP contribution in [0.2, 0.25) is 5.02 Å². The predicted octanol–water partition coefficient (Wildman–Crippen LogP) is 5.07. The van der Waals surface area contributed by atoms with Crippen LogP contribution in [0, 0.1) is 0 Å². The fourth-order valence-electron chi connectivity index (χ4n) is 2.64. The molecule has 5 heteroatoms. The van der Waals surface area contributed by atoms with Gasteiger partial charge in [0.05, 0.1) is 10.2 Å². The highest BCUT2D eigenvalue weighted by atomic mass is 35.5. The number of aryl methyl sites for hydroxylation is 2. The van der Waals surface area contributed by atoms with Gasteiger partial charge in [-0.3, -0.25) is 4.79 Å². The molecule has 0 atom stereocenters. The molecule has 0 radical (unpaired) electrons. The van der Waals surface area contributed by atoms with E-state index in [1.165, 1.54) is 10.3 Å². The molecule has 3 nitrogen and oxygen atoms in total. The fourth-order valence-corrected chi connectivity index (χ4v) is 3.94. The van der Waals surface area contributed by atoms with Gasteiger partial charge in [-0.05, 0) is 48.7 Å². The molecule has 124 valence electrons. The fraction of sp³-hybridized carbons (Fsp3) is 0.263. The highest BCUT2D eigenvalue weighted by Crippen LogP contribution is 2.20. The Morgan fingerprint density at radius 2 is 2.04 bits per heavy atom. The van der Waals surface area contributed by atoms with Crippen LogP contribution in [0.15, 0.2) is 47.5 Å². The molecule has 0 aliphatic carbocycles. The molecule has 1 aromatic heterocycles. The summed E-state index contributed by atoms with van der Waals surface area (Å²) in [5.41, 5.74) is 2.94. The van der Waals surface area contributed by atoms with E-state index in [0.29, 0.717) is 10.6 Å². The van der Waals surface area contributed by atoms with Crippen molar-refractivity contribution in [2.24, 2.45) is 4.99 Å². The summed E-state index contributed by atoms with van der Waals surface area (Å²) in [7, 11) is 0. The zero-order valence-electron chi connectivity index (χ0n) is 13.8. The quantitative estimate of drug-likeness (QED) is 0.641. The van der Waals surface area contributed by atoms with Crippen molar-refractivity contribution >= 4 is 39.1 Å². The smallest absolute Gasteiger partial charge is 0.279 e. The van der Waals surface area contributed by atoms with Crippen LogP contribution in [-0.2, 0) is 13.0 Å². The molecule has 2 aromatic carbocycles. The van der Waals surface area contributed by atoms with E-state index in [-0.39, 0.29) is 5.91 Å². The number of hydrogen-bond acceptors (Lipinski definition) is 2. The summed E-state index contributed by atoms with van der Waals surface area (Å²) in [6.45, 7) is 5.11. The second kappa shape index (κ2) is 7.32. The minimum absolute atomic E-state index is 0.260. The first kappa shape index (κ1) is 16.9. The lowest BCUT2D eigenvalue weighted by molar-refractivity contribution is 0.0998. The Morgan fingerprint density at radius 1 is 1.21 bits per heavy atom. The van der Waals surface area contributed by atoms with Crippen molar-refractivity contribution in [2.75, 3.05) is 0 Å². The third kappa shape index (κ3) is 3.45. The third-order valence-corrected chi connectivity index (χ3v) is 5.15. The Hall–Kier alpha value is -1.91. The van der Waals surface area contributed by atoms with Crippen molar-refractivity contribution in [3.63, 3.8) is 0 Å². The largest absolute Gasteiger partial charge is 0.316 e. The number of fused-ring (bicyclic) bond motifs is 1. The minimum atomic E-state index is -0.260. The van der Waals surface area contributed by atoms with Gasteiger partial charge in [-0.25, -0.2) is 0 Å². The number of thiazole rings is 1. The number of amides is 1. The van der Waals surface area contributed by atoms with Crippen molar-refractivity contribution in [1.29, 1.82) is 0 Å². The maximum Gasteiger partial charge on any atom is 0.279 e. The van der Waals surface area contributed by atoms with Crippen LogP contribution in [-0.4, -0.2) is 10.5 Å². The van der Waals surface area contributed by atoms with Crippen LogP contribution in [0.25, 0.3) is 10.2 Å². The molecular weight excluding hydrogens is 340 g/mol. The first-order chi connectivity index (χ1) is 11.6. The normalized spacial score (nSPS) is 12.0. The van der Waals surface area contributed by atoms with E-state index < -0.39 is 0 Å². The van der Waals surface area contributed by atoms with Crippen molar-refractivity contribution in [2.45, 2.75) is 33.2 Å².